The van der Waals surface area contributed by atoms with Crippen molar-refractivity contribution in [2.45, 2.75) is 44.7 Å². The van der Waals surface area contributed by atoms with Gasteiger partial charge in [0.05, 0.1) is 16.3 Å². The highest BCUT2D eigenvalue weighted by atomic mass is 35.5. The van der Waals surface area contributed by atoms with Gasteiger partial charge < -0.3 is 4.90 Å². The molecule has 1 aromatic heterocycles. The van der Waals surface area contributed by atoms with E-state index in [0.717, 1.165) is 25.7 Å². The molecule has 2 heterocycles. The Morgan fingerprint density at radius 3 is 2.44 bits per heavy atom. The molecule has 0 bridgehead atoms. The van der Waals surface area contributed by atoms with Crippen LogP contribution >= 0.6 is 11.6 Å². The number of fused-ring (bicyclic) bond motifs is 1. The number of carbonyl (C=O) groups excluding carboxylic acids is 1. The number of hydrogen-bond acceptors (Lipinski definition) is 2. The zero-order valence-electron chi connectivity index (χ0n) is 14.7. The van der Waals surface area contributed by atoms with Gasteiger partial charge in [-0.2, -0.15) is 18.3 Å². The van der Waals surface area contributed by atoms with E-state index in [2.05, 4.69) is 5.10 Å². The zero-order chi connectivity index (χ0) is 19.2. The molecule has 4 nitrogen and oxygen atoms in total. The number of likely N-dealkylation sites (tertiary alicyclic amines) is 1. The first kappa shape index (κ1) is 18.3. The highest BCUT2D eigenvalue weighted by molar-refractivity contribution is 6.34. The first-order chi connectivity index (χ1) is 12.9. The summed E-state index contributed by atoms with van der Waals surface area (Å²) in [5.41, 5.74) is 0.877. The van der Waals surface area contributed by atoms with E-state index in [1.54, 1.807) is 17.0 Å². The number of aromatic nitrogens is 2. The smallest absolute Gasteiger partial charge is 0.339 e. The van der Waals surface area contributed by atoms with Crippen LogP contribution in [0.15, 0.2) is 18.2 Å². The average molecular weight is 398 g/mol. The van der Waals surface area contributed by atoms with E-state index < -0.39 is 11.9 Å². The van der Waals surface area contributed by atoms with Crippen molar-refractivity contribution in [2.75, 3.05) is 13.1 Å². The van der Waals surface area contributed by atoms with Crippen molar-refractivity contribution >= 4 is 17.5 Å². The second kappa shape index (κ2) is 6.86. The van der Waals surface area contributed by atoms with Crippen LogP contribution in [0.5, 0.6) is 0 Å². The number of amides is 1. The van der Waals surface area contributed by atoms with Crippen LogP contribution < -0.4 is 0 Å². The summed E-state index contributed by atoms with van der Waals surface area (Å²) in [6.45, 7) is 1.41. The molecule has 2 aliphatic rings. The van der Waals surface area contributed by atoms with Gasteiger partial charge in [0.25, 0.3) is 5.91 Å². The van der Waals surface area contributed by atoms with E-state index in [-0.39, 0.29) is 16.5 Å². The summed E-state index contributed by atoms with van der Waals surface area (Å²) in [5, 5.41) is 4.10. The summed E-state index contributed by atoms with van der Waals surface area (Å²) in [6.07, 6.45) is -0.0563. The van der Waals surface area contributed by atoms with Gasteiger partial charge in [0.1, 0.15) is 0 Å². The first-order valence-electron chi connectivity index (χ1n) is 9.13. The molecule has 0 saturated carbocycles. The molecule has 2 aromatic rings. The van der Waals surface area contributed by atoms with Gasteiger partial charge in [0.15, 0.2) is 5.69 Å². The third kappa shape index (κ3) is 3.33. The van der Waals surface area contributed by atoms with E-state index in [4.69, 9.17) is 11.6 Å². The molecule has 144 valence electrons. The lowest BCUT2D eigenvalue weighted by atomic mass is 9.95. The third-order valence-corrected chi connectivity index (χ3v) is 5.58. The van der Waals surface area contributed by atoms with E-state index in [1.807, 2.05) is 0 Å². The van der Waals surface area contributed by atoms with Crippen molar-refractivity contribution < 1.29 is 18.0 Å². The van der Waals surface area contributed by atoms with Gasteiger partial charge in [-0.15, -0.1) is 0 Å². The van der Waals surface area contributed by atoms with Crippen LogP contribution in [0.4, 0.5) is 13.2 Å². The van der Waals surface area contributed by atoms with Crippen molar-refractivity contribution in [3.63, 3.8) is 0 Å². The Labute approximate surface area is 159 Å². The van der Waals surface area contributed by atoms with Crippen molar-refractivity contribution in [1.29, 1.82) is 0 Å². The van der Waals surface area contributed by atoms with Crippen molar-refractivity contribution in [1.82, 2.24) is 14.7 Å². The molecule has 0 N–H and O–H groups in total. The Morgan fingerprint density at radius 2 is 1.78 bits per heavy atom. The van der Waals surface area contributed by atoms with Crippen molar-refractivity contribution in [2.24, 2.45) is 0 Å². The Kier molecular flexibility index (Phi) is 4.66. The normalized spacial score (nSPS) is 17.3. The fourth-order valence-electron chi connectivity index (χ4n) is 3.94. The topological polar surface area (TPSA) is 38.1 Å². The highest BCUT2D eigenvalue weighted by Gasteiger charge is 2.39. The maximum atomic E-state index is 13.4. The molecule has 0 spiro atoms. The number of benzene rings is 1. The molecule has 1 aromatic carbocycles. The van der Waals surface area contributed by atoms with Crippen LogP contribution in [0, 0.1) is 0 Å². The monoisotopic (exact) mass is 397 g/mol. The zero-order valence-corrected chi connectivity index (χ0v) is 15.4. The molecule has 1 saturated heterocycles. The molecule has 1 amide bonds. The van der Waals surface area contributed by atoms with Crippen molar-refractivity contribution in [3.8, 4) is 5.69 Å². The summed E-state index contributed by atoms with van der Waals surface area (Å²) in [4.78, 5) is 14.3. The van der Waals surface area contributed by atoms with Gasteiger partial charge in [-0.3, -0.25) is 4.79 Å². The van der Waals surface area contributed by atoms with Crippen LogP contribution in [0.2, 0.25) is 5.02 Å². The number of alkyl halides is 3. The molecule has 8 heteroatoms. The largest absolute Gasteiger partial charge is 0.435 e. The number of hydrogen-bond donors (Lipinski definition) is 0. The predicted molar refractivity (Wildman–Crippen MR) is 95.4 cm³/mol. The summed E-state index contributed by atoms with van der Waals surface area (Å²) in [6, 6.07) is 4.74. The summed E-state index contributed by atoms with van der Waals surface area (Å²) >= 11 is 6.32. The van der Waals surface area contributed by atoms with E-state index in [1.165, 1.54) is 10.7 Å². The lowest BCUT2D eigenvalue weighted by molar-refractivity contribution is -0.142. The maximum absolute atomic E-state index is 13.4. The Balaban J connectivity index is 1.73. The predicted octanol–water partition coefficient (Wildman–Crippen LogP) is 4.66. The average Bonchev–Trinajstić information content (AvgIpc) is 3.28. The first-order valence-corrected chi connectivity index (χ1v) is 9.51. The summed E-state index contributed by atoms with van der Waals surface area (Å²) < 4.78 is 41.5. The van der Waals surface area contributed by atoms with E-state index in [0.29, 0.717) is 42.9 Å². The molecule has 1 fully saturated rings. The molecular weight excluding hydrogens is 379 g/mol. The van der Waals surface area contributed by atoms with Gasteiger partial charge in [-0.1, -0.05) is 11.6 Å². The van der Waals surface area contributed by atoms with Crippen LogP contribution in [-0.4, -0.2) is 33.7 Å². The number of rotatable bonds is 2. The standard InChI is InChI=1S/C19H19ClF3N3O/c20-15-11-12(7-8-13(15)18(27)25-9-3-4-10-25)26-16-6-2-1-5-14(16)17(24-26)19(21,22)23/h7-8,11H,1-6,9-10H2. The third-order valence-electron chi connectivity index (χ3n) is 5.27. The lowest BCUT2D eigenvalue weighted by Gasteiger charge is -2.17. The lowest BCUT2D eigenvalue weighted by Crippen LogP contribution is -2.27. The van der Waals surface area contributed by atoms with E-state index >= 15 is 0 Å². The summed E-state index contributed by atoms with van der Waals surface area (Å²) in [7, 11) is 0. The van der Waals surface area contributed by atoms with Gasteiger partial charge in [-0.25, -0.2) is 4.68 Å². The highest BCUT2D eigenvalue weighted by Crippen LogP contribution is 2.37. The molecule has 1 aliphatic heterocycles. The summed E-state index contributed by atoms with van der Waals surface area (Å²) in [5.74, 6) is -0.137. The molecule has 0 unspecified atom stereocenters. The van der Waals surface area contributed by atoms with Gasteiger partial charge >= 0.3 is 6.18 Å². The Bertz CT molecular complexity index is 885. The van der Waals surface area contributed by atoms with Gasteiger partial charge in [0.2, 0.25) is 0 Å². The molecule has 4 rings (SSSR count). The van der Waals surface area contributed by atoms with Crippen LogP contribution in [0.25, 0.3) is 5.69 Å². The van der Waals surface area contributed by atoms with Crippen LogP contribution in [-0.2, 0) is 19.0 Å². The minimum Gasteiger partial charge on any atom is -0.339 e. The molecule has 0 atom stereocenters. The van der Waals surface area contributed by atoms with Crippen LogP contribution in [0.1, 0.15) is 53.0 Å². The fourth-order valence-corrected chi connectivity index (χ4v) is 4.20. The number of nitrogens with zero attached hydrogens (tertiary/aromatic N) is 3. The van der Waals surface area contributed by atoms with Gasteiger partial charge in [0, 0.05) is 24.3 Å². The number of carbonyl (C=O) groups is 1. The molecule has 1 aliphatic carbocycles. The van der Waals surface area contributed by atoms with Gasteiger partial charge in [-0.05, 0) is 56.7 Å². The SMILES string of the molecule is O=C(c1ccc(-n2nc(C(F)(F)F)c3c2CCCC3)cc1Cl)N1CCCC1. The fraction of sp³-hybridized carbons (Fsp3) is 0.474. The number of halogens is 4. The minimum absolute atomic E-state index is 0.137. The second-order valence-electron chi connectivity index (χ2n) is 7.05. The quantitative estimate of drug-likeness (QED) is 0.739. The molecule has 0 radical (unpaired) electrons. The maximum Gasteiger partial charge on any atom is 0.435 e. The Morgan fingerprint density at radius 1 is 1.07 bits per heavy atom. The van der Waals surface area contributed by atoms with E-state index in [9.17, 15) is 18.0 Å². The van der Waals surface area contributed by atoms with Crippen LogP contribution in [0.3, 0.4) is 0 Å². The Hall–Kier alpha value is -2.02. The van der Waals surface area contributed by atoms with Crippen molar-refractivity contribution in [3.05, 3.63) is 45.7 Å². The molecular formula is C19H19ClF3N3O. The second-order valence-corrected chi connectivity index (χ2v) is 7.46. The molecule has 27 heavy (non-hydrogen) atoms. The minimum atomic E-state index is -4.48.